The molecule has 0 atom stereocenters. The Labute approximate surface area is 555 Å². The fraction of sp³-hybridized carbons (Fsp3) is 0.700. The van der Waals surface area contributed by atoms with Crippen LogP contribution in [0.3, 0.4) is 0 Å². The summed E-state index contributed by atoms with van der Waals surface area (Å²) >= 11 is 0. The lowest BCUT2D eigenvalue weighted by molar-refractivity contribution is 0.0861. The highest BCUT2D eigenvalue weighted by Crippen LogP contribution is 2.62. The summed E-state index contributed by atoms with van der Waals surface area (Å²) in [6, 6.07) is 9.74. The fourth-order valence-corrected chi connectivity index (χ4v) is 15.8. The first-order chi connectivity index (χ1) is 45.5. The lowest BCUT2D eigenvalue weighted by Crippen LogP contribution is -2.24. The maximum Gasteiger partial charge on any atom is 0.231 e. The molecule has 0 aromatic heterocycles. The first-order valence-electron chi connectivity index (χ1n) is 37.5. The standard InChI is InChI=1S/C80H120O12/c1-9-13-17-21-25-29-33-37-41-45-57-61-49-63-58(46-42-38-34-30-26-22-18-14-10-2)65-51-67-60(48-44-40-36-32-28-24-20-16-12-4)68-52-66-59(47-43-39-35-31-27-23-19-15-11-3)64-50-62(57)70-78(82-6)72(64)88-55-90-74(66)80(84-8)76(68)92-56-91-75(67)79(83-7)73(65)89-54-87-71(63)77(81-5)69(61)85-53-86-70/h49-52,57-60H,9-48,53-56H2,1-8H3. The van der Waals surface area contributed by atoms with Crippen molar-refractivity contribution >= 4 is 0 Å². The number of hydrogen-bond donors (Lipinski definition) is 0. The van der Waals surface area contributed by atoms with E-state index in [1.165, 1.54) is 180 Å². The molecule has 12 heteroatoms. The Hall–Kier alpha value is -5.52. The molecule has 0 fully saturated rings. The molecule has 4 aromatic carbocycles. The largest absolute Gasteiger partial charge is 0.490 e. The van der Waals surface area contributed by atoms with Gasteiger partial charge in [0.25, 0.3) is 0 Å². The van der Waals surface area contributed by atoms with Gasteiger partial charge in [-0.3, -0.25) is 0 Å². The van der Waals surface area contributed by atoms with Crippen molar-refractivity contribution in [2.45, 2.75) is 308 Å². The van der Waals surface area contributed by atoms with Gasteiger partial charge < -0.3 is 56.8 Å². The Bertz CT molecular complexity index is 2360. The van der Waals surface area contributed by atoms with Gasteiger partial charge in [-0.15, -0.1) is 0 Å². The van der Waals surface area contributed by atoms with E-state index in [2.05, 4.69) is 52.0 Å². The van der Waals surface area contributed by atoms with E-state index < -0.39 is 0 Å². The van der Waals surface area contributed by atoms with Gasteiger partial charge in [0.15, 0.2) is 46.0 Å². The summed E-state index contributed by atoms with van der Waals surface area (Å²) in [5.41, 5.74) is 8.47. The van der Waals surface area contributed by atoms with Crippen LogP contribution in [0.1, 0.15) is 353 Å². The molecule has 0 N–H and O–H groups in total. The van der Waals surface area contributed by atoms with Crippen LogP contribution < -0.4 is 56.8 Å². The third kappa shape index (κ3) is 17.7. The smallest absolute Gasteiger partial charge is 0.231 e. The first kappa shape index (κ1) is 70.8. The van der Waals surface area contributed by atoms with Gasteiger partial charge in [0.1, 0.15) is 0 Å². The second-order valence-electron chi connectivity index (χ2n) is 27.3. The predicted molar refractivity (Wildman–Crippen MR) is 371 cm³/mol. The third-order valence-electron chi connectivity index (χ3n) is 20.8. The van der Waals surface area contributed by atoms with Crippen molar-refractivity contribution in [3.8, 4) is 69.0 Å². The molecule has 0 radical (unpaired) electrons. The van der Waals surface area contributed by atoms with Crippen LogP contribution >= 0.6 is 0 Å². The second kappa shape index (κ2) is 38.1. The third-order valence-corrected chi connectivity index (χ3v) is 20.8. The predicted octanol–water partition coefficient (Wildman–Crippen LogP) is 23.2. The van der Waals surface area contributed by atoms with Gasteiger partial charge in [-0.05, 0) is 49.9 Å². The molecule has 12 nitrogen and oxygen atoms in total. The Morgan fingerprint density at radius 2 is 0.370 bits per heavy atom. The molecule has 0 spiro atoms. The van der Waals surface area contributed by atoms with Gasteiger partial charge in [-0.1, -0.05) is 259 Å². The summed E-state index contributed by atoms with van der Waals surface area (Å²) in [4.78, 5) is 0. The molecule has 1 aliphatic carbocycles. The van der Waals surface area contributed by atoms with Crippen LogP contribution in [0.4, 0.5) is 0 Å². The minimum absolute atomic E-state index is 0.0928. The minimum atomic E-state index is -0.201. The lowest BCUT2D eigenvalue weighted by Gasteiger charge is -2.37. The lowest BCUT2D eigenvalue weighted by atomic mass is 9.75. The molecule has 92 heavy (non-hydrogen) atoms. The summed E-state index contributed by atoms with van der Waals surface area (Å²) in [5.74, 6) is 6.56. The molecular weight excluding hydrogens is 1150 g/mol. The topological polar surface area (TPSA) is 111 Å². The highest BCUT2D eigenvalue weighted by molar-refractivity contribution is 5.73. The van der Waals surface area contributed by atoms with Crippen molar-refractivity contribution in [1.82, 2.24) is 0 Å². The van der Waals surface area contributed by atoms with Gasteiger partial charge in [0, 0.05) is 68.2 Å². The summed E-state index contributed by atoms with van der Waals surface area (Å²) in [7, 11) is 7.01. The van der Waals surface area contributed by atoms with E-state index in [4.69, 9.17) is 56.8 Å². The zero-order chi connectivity index (χ0) is 64.3. The van der Waals surface area contributed by atoms with E-state index in [0.717, 1.165) is 122 Å². The molecule has 0 saturated heterocycles. The van der Waals surface area contributed by atoms with E-state index in [1.54, 1.807) is 28.4 Å². The Morgan fingerprint density at radius 3 is 0.511 bits per heavy atom. The number of hydrogen-bond acceptors (Lipinski definition) is 12. The number of rotatable bonds is 44. The number of benzene rings is 4. The Morgan fingerprint density at radius 1 is 0.228 bits per heavy atom. The number of methoxy groups -OCH3 is 4. The Kier molecular flexibility index (Phi) is 29.3. The van der Waals surface area contributed by atoms with Gasteiger partial charge in [0.05, 0.1) is 28.4 Å². The van der Waals surface area contributed by atoms with E-state index in [-0.39, 0.29) is 50.8 Å². The van der Waals surface area contributed by atoms with E-state index in [1.807, 2.05) is 0 Å². The first-order valence-corrected chi connectivity index (χ1v) is 37.5. The zero-order valence-electron chi connectivity index (χ0n) is 58.6. The van der Waals surface area contributed by atoms with E-state index in [9.17, 15) is 0 Å². The van der Waals surface area contributed by atoms with Gasteiger partial charge >= 0.3 is 0 Å². The highest BCUT2D eigenvalue weighted by Gasteiger charge is 2.43. The van der Waals surface area contributed by atoms with Crippen LogP contribution in [0, 0.1) is 0 Å². The summed E-state index contributed by atoms with van der Waals surface area (Å²) in [6.45, 7) is 8.81. The molecule has 8 bridgehead atoms. The minimum Gasteiger partial charge on any atom is -0.490 e. The molecule has 5 aliphatic rings. The number of ether oxygens (including phenoxy) is 12. The van der Waals surface area contributed by atoms with Crippen molar-refractivity contribution in [2.24, 2.45) is 0 Å². The molecule has 4 aromatic rings. The summed E-state index contributed by atoms with van der Waals surface area (Å²) in [5, 5.41) is 0. The molecular formula is C80H120O12. The quantitative estimate of drug-likeness (QED) is 0.0393. The van der Waals surface area contributed by atoms with Crippen LogP contribution in [-0.2, 0) is 0 Å². The number of unbranched alkanes of at least 4 members (excludes halogenated alkanes) is 32. The SMILES string of the molecule is CCCCCCCCCCCC1c2cc3c4c(OC)c2OCOc2c1cc1c(c2OC)OCOc2c(cc5c(c2OC)OCOc2c(cc(c(c2OC)OCO4)C3CCCCCCCCCCC)C5CCCCCCCCCCC)C1CCCCCCCCCCC. The summed E-state index contributed by atoms with van der Waals surface area (Å²) in [6.07, 6.45) is 47.5. The van der Waals surface area contributed by atoms with E-state index >= 15 is 0 Å². The van der Waals surface area contributed by atoms with Crippen LogP contribution in [-0.4, -0.2) is 55.6 Å². The van der Waals surface area contributed by atoms with Crippen LogP contribution in [0.5, 0.6) is 69.0 Å². The van der Waals surface area contributed by atoms with Crippen LogP contribution in [0.15, 0.2) is 24.3 Å². The molecule has 4 heterocycles. The van der Waals surface area contributed by atoms with E-state index in [0.29, 0.717) is 69.0 Å². The normalized spacial score (nSPS) is 17.2. The van der Waals surface area contributed by atoms with Gasteiger partial charge in [0.2, 0.25) is 50.2 Å². The Balaban J connectivity index is 1.28. The van der Waals surface area contributed by atoms with Crippen LogP contribution in [0.25, 0.3) is 0 Å². The summed E-state index contributed by atoms with van der Waals surface area (Å²) < 4.78 is 82.6. The van der Waals surface area contributed by atoms with Crippen LogP contribution in [0.2, 0.25) is 0 Å². The van der Waals surface area contributed by atoms with Crippen molar-refractivity contribution in [1.29, 1.82) is 0 Å². The molecule has 4 aliphatic heterocycles. The second-order valence-corrected chi connectivity index (χ2v) is 27.3. The average molecular weight is 1270 g/mol. The van der Waals surface area contributed by atoms with Gasteiger partial charge in [-0.2, -0.15) is 0 Å². The molecule has 0 amide bonds. The van der Waals surface area contributed by atoms with Crippen molar-refractivity contribution < 1.29 is 56.8 Å². The fourth-order valence-electron chi connectivity index (χ4n) is 15.8. The molecule has 512 valence electrons. The zero-order valence-corrected chi connectivity index (χ0v) is 58.6. The maximum absolute atomic E-state index is 6.98. The maximum atomic E-state index is 6.98. The van der Waals surface area contributed by atoms with Crippen molar-refractivity contribution in [3.05, 3.63) is 68.8 Å². The molecule has 0 saturated carbocycles. The average Bonchev–Trinajstić information content (AvgIpc) is 0.731. The van der Waals surface area contributed by atoms with Gasteiger partial charge in [-0.25, -0.2) is 0 Å². The monoisotopic (exact) mass is 1270 g/mol. The van der Waals surface area contributed by atoms with Crippen molar-refractivity contribution in [2.75, 3.05) is 55.6 Å². The highest BCUT2D eigenvalue weighted by atomic mass is 16.7. The van der Waals surface area contributed by atoms with Crippen molar-refractivity contribution in [3.63, 3.8) is 0 Å². The molecule has 0 unspecified atom stereocenters. The molecule has 9 rings (SSSR count).